The first-order chi connectivity index (χ1) is 43.2. The summed E-state index contributed by atoms with van der Waals surface area (Å²) >= 11 is 21.6. The topological polar surface area (TPSA) is 231 Å². The number of benzene rings is 6. The van der Waals surface area contributed by atoms with Crippen LogP contribution < -0.4 is 30.0 Å². The fourth-order valence-electron chi connectivity index (χ4n) is 7.04. The van der Waals surface area contributed by atoms with Gasteiger partial charge in [0, 0.05) is 18.6 Å². The van der Waals surface area contributed by atoms with Gasteiger partial charge in [-0.2, -0.15) is 44.5 Å². The molecule has 3 heterocycles. The summed E-state index contributed by atoms with van der Waals surface area (Å²) in [6.07, 6.45) is -12.3. The number of carbonyl (C=O) groups excluding carboxylic acids is 3. The second-order valence-electron chi connectivity index (χ2n) is 17.7. The molecule has 0 atom stereocenters. The predicted octanol–water partition coefficient (Wildman–Crippen LogP) is 16.0. The van der Waals surface area contributed by atoms with Gasteiger partial charge in [0.15, 0.2) is 11.5 Å². The Bertz CT molecular complexity index is 3930. The van der Waals surface area contributed by atoms with Crippen LogP contribution >= 0.6 is 46.4 Å². The molecule has 0 bridgehead atoms. The van der Waals surface area contributed by atoms with Gasteiger partial charge in [-0.05, 0) is 94.5 Å². The number of halogens is 13. The van der Waals surface area contributed by atoms with Crippen LogP contribution in [0.5, 0.6) is 28.9 Å². The molecule has 3 aromatic heterocycles. The lowest BCUT2D eigenvalue weighted by atomic mass is 10.2. The number of rotatable bonds is 16. The highest BCUT2D eigenvalue weighted by atomic mass is 35.5. The number of nitrogens with two attached hydrogens (primary N) is 1. The summed E-state index contributed by atoms with van der Waals surface area (Å²) in [7, 11) is 4.16. The lowest BCUT2D eigenvalue weighted by molar-refractivity contribution is -0.139. The van der Waals surface area contributed by atoms with Crippen molar-refractivity contribution in [2.45, 2.75) is 38.3 Å². The van der Waals surface area contributed by atoms with Gasteiger partial charge in [0.2, 0.25) is 22.4 Å². The minimum atomic E-state index is -4.76. The van der Waals surface area contributed by atoms with Gasteiger partial charge in [0.05, 0.1) is 49.4 Å². The van der Waals surface area contributed by atoms with Gasteiger partial charge in [-0.15, -0.1) is 0 Å². The average molecular weight is 1350 g/mol. The molecule has 0 amide bonds. The van der Waals surface area contributed by atoms with Crippen molar-refractivity contribution in [2.24, 2.45) is 0 Å². The number of anilines is 3. The van der Waals surface area contributed by atoms with E-state index in [4.69, 9.17) is 85.3 Å². The van der Waals surface area contributed by atoms with E-state index in [-0.39, 0.29) is 59.4 Å². The van der Waals surface area contributed by atoms with E-state index in [2.05, 4.69) is 35.2 Å². The number of esters is 3. The van der Waals surface area contributed by atoms with Crippen LogP contribution in [0.25, 0.3) is 0 Å². The summed E-state index contributed by atoms with van der Waals surface area (Å²) in [5, 5.41) is 0.557. The zero-order valence-corrected chi connectivity index (χ0v) is 50.0. The van der Waals surface area contributed by atoms with Gasteiger partial charge in [-0.25, -0.2) is 39.3 Å². The lowest BCUT2D eigenvalue weighted by Gasteiger charge is -2.14. The molecule has 0 aliphatic rings. The molecule has 0 radical (unpaired) electrons. The first-order valence-electron chi connectivity index (χ1n) is 25.5. The smallest absolute Gasteiger partial charge is 0.423 e. The first kappa shape index (κ1) is 70.4. The molecule has 0 saturated carbocycles. The van der Waals surface area contributed by atoms with Crippen LogP contribution in [0.4, 0.5) is 56.8 Å². The summed E-state index contributed by atoms with van der Waals surface area (Å²) in [5.41, 5.74) is 6.44. The number of hydrogen-bond acceptors (Lipinski definition) is 18. The number of nitrogens with one attached hydrogen (secondary N) is 1. The maximum absolute atomic E-state index is 13.2. The average Bonchev–Trinajstić information content (AvgIpc) is 2.39. The Kier molecular flexibility index (Phi) is 25.3. The Labute approximate surface area is 530 Å². The van der Waals surface area contributed by atoms with Crippen LogP contribution in [0.3, 0.4) is 0 Å². The van der Waals surface area contributed by atoms with E-state index in [1.165, 1.54) is 57.7 Å². The molecule has 31 heteroatoms. The number of aromatic nitrogens is 6. The number of carbonyl (C=O) groups is 3. The van der Waals surface area contributed by atoms with E-state index in [0.717, 1.165) is 16.7 Å². The van der Waals surface area contributed by atoms with Gasteiger partial charge < -0.3 is 44.2 Å². The van der Waals surface area contributed by atoms with Gasteiger partial charge >= 0.3 is 36.4 Å². The maximum atomic E-state index is 13.2. The van der Waals surface area contributed by atoms with E-state index in [0.29, 0.717) is 41.3 Å². The minimum Gasteiger partial charge on any atom is -0.495 e. The molecule has 3 N–H and O–H groups in total. The van der Waals surface area contributed by atoms with Crippen molar-refractivity contribution in [2.75, 3.05) is 32.4 Å². The van der Waals surface area contributed by atoms with Gasteiger partial charge in [-0.1, -0.05) is 114 Å². The highest BCUT2D eigenvalue weighted by Crippen LogP contribution is 2.40. The Morgan fingerprint density at radius 2 is 0.835 bits per heavy atom. The van der Waals surface area contributed by atoms with Crippen LogP contribution in [-0.4, -0.2) is 69.1 Å². The van der Waals surface area contributed by atoms with Crippen LogP contribution in [0.15, 0.2) is 164 Å². The molecular weight excluding hydrogens is 1310 g/mol. The summed E-state index contributed by atoms with van der Waals surface area (Å²) in [4.78, 5) is 56.8. The summed E-state index contributed by atoms with van der Waals surface area (Å²) in [6.45, 7) is 0.418. The molecule has 9 aromatic rings. The second-order valence-corrected chi connectivity index (χ2v) is 19.1. The Morgan fingerprint density at radius 3 is 1.26 bits per heavy atom. The van der Waals surface area contributed by atoms with Crippen molar-refractivity contribution in [1.29, 1.82) is 0 Å². The Hall–Kier alpha value is -9.70. The van der Waals surface area contributed by atoms with Gasteiger partial charge in [0.25, 0.3) is 0 Å². The third-order valence-electron chi connectivity index (χ3n) is 11.5. The van der Waals surface area contributed by atoms with Crippen molar-refractivity contribution >= 4 is 81.6 Å². The first-order valence-corrected chi connectivity index (χ1v) is 27.0. The van der Waals surface area contributed by atoms with Gasteiger partial charge in [0.1, 0.15) is 58.3 Å². The number of ether oxygens (including phenoxy) is 7. The molecule has 9 rings (SSSR count). The van der Waals surface area contributed by atoms with Gasteiger partial charge in [-0.3, -0.25) is 0 Å². The van der Waals surface area contributed by atoms with Crippen molar-refractivity contribution in [3.8, 4) is 28.9 Å². The lowest BCUT2D eigenvalue weighted by Crippen LogP contribution is -2.10. The van der Waals surface area contributed by atoms with Crippen molar-refractivity contribution in [3.05, 3.63) is 235 Å². The number of alkyl halides is 9. The predicted molar refractivity (Wildman–Crippen MR) is 315 cm³/mol. The van der Waals surface area contributed by atoms with E-state index >= 15 is 0 Å². The molecular formula is C60H45Cl4F9N8O10. The zero-order valence-electron chi connectivity index (χ0n) is 47.0. The fourth-order valence-corrected chi connectivity index (χ4v) is 7.82. The molecule has 91 heavy (non-hydrogen) atoms. The van der Waals surface area contributed by atoms with E-state index in [1.807, 2.05) is 78.9 Å². The highest BCUT2D eigenvalue weighted by Gasteiger charge is 2.38. The Morgan fingerprint density at radius 1 is 0.451 bits per heavy atom. The fraction of sp³-hybridized carbons (Fsp3) is 0.150. The van der Waals surface area contributed by atoms with Crippen LogP contribution in [0.1, 0.15) is 64.5 Å². The Balaban J connectivity index is 0.000000203. The normalized spacial score (nSPS) is 10.9. The van der Waals surface area contributed by atoms with E-state index in [1.54, 1.807) is 30.3 Å². The summed E-state index contributed by atoms with van der Waals surface area (Å²) < 4.78 is 150. The van der Waals surface area contributed by atoms with Crippen LogP contribution in [-0.2, 0) is 52.6 Å². The number of hydrogen-bond donors (Lipinski definition) is 2. The zero-order chi connectivity index (χ0) is 66.5. The molecule has 0 saturated heterocycles. The highest BCUT2D eigenvalue weighted by molar-refractivity contribution is 6.32. The summed E-state index contributed by atoms with van der Waals surface area (Å²) in [6, 6.07) is 40.9. The molecule has 0 aliphatic carbocycles. The standard InChI is InChI=1S/C20H15ClF3N3O3.C20H14ClF3N2O4.C15H15NO3.C5HCl2F3N2/c1-29-16-9-13(18(28)30-11-12-5-3-2-4-6-12)7-8-15(16)26-19-25-10-14(17(21)27-19)20(22,23)24;1-28-16-9-13(18(27)29-11-12-5-3-2-4-6-12)7-8-15(16)30-17-14(20(22,23)24)10-25-19(21)26-17;1-18-14-9-12(7-8-13(14)16)15(17)19-10-11-5-3-2-4-6-11;6-3-2(5(8,9)10)1-11-4(7)12-3/h2-10H,11H2,1H3,(H,25,26,27);2-10H,11H2,1H3;2-9H,10,16H2,1H3;1H. The van der Waals surface area contributed by atoms with E-state index in [9.17, 15) is 53.9 Å². The maximum Gasteiger partial charge on any atom is 0.423 e. The molecule has 0 unspecified atom stereocenters. The third kappa shape index (κ3) is 21.5. The van der Waals surface area contributed by atoms with E-state index < -0.39 is 74.6 Å². The minimum absolute atomic E-state index is 0.00650. The monoisotopic (exact) mass is 1350 g/mol. The molecule has 476 valence electrons. The molecule has 18 nitrogen and oxygen atoms in total. The molecule has 0 aliphatic heterocycles. The van der Waals surface area contributed by atoms with Crippen LogP contribution in [0.2, 0.25) is 20.9 Å². The SMILES string of the molecule is COc1cc(C(=O)OCc2ccccc2)ccc1N.COc1cc(C(=O)OCc2ccccc2)ccc1Nc1ncc(C(F)(F)F)c(Cl)n1.COc1cc(C(=O)OCc2ccccc2)ccc1Oc1nc(Cl)ncc1C(F)(F)F.FC(F)(F)c1cnc(Cl)nc1Cl. The van der Waals surface area contributed by atoms with Crippen LogP contribution in [0, 0.1) is 0 Å². The second kappa shape index (κ2) is 32.7. The van der Waals surface area contributed by atoms with Crippen molar-refractivity contribution in [1.82, 2.24) is 29.9 Å². The van der Waals surface area contributed by atoms with Crippen molar-refractivity contribution < 1.29 is 87.1 Å². The third-order valence-corrected chi connectivity index (χ3v) is 12.4. The number of nitrogen functional groups attached to an aromatic ring is 1. The van der Waals surface area contributed by atoms with Crippen molar-refractivity contribution in [3.63, 3.8) is 0 Å². The largest absolute Gasteiger partial charge is 0.495 e. The number of methoxy groups -OCH3 is 3. The molecule has 6 aromatic carbocycles. The molecule has 0 spiro atoms. The molecule has 0 fully saturated rings. The summed E-state index contributed by atoms with van der Waals surface area (Å²) in [5.74, 6) is -1.93. The quantitative estimate of drug-likeness (QED) is 0.0229. The number of nitrogens with zero attached hydrogens (tertiary/aromatic N) is 6.